The first kappa shape index (κ1) is 23.3. The van der Waals surface area contributed by atoms with E-state index < -0.39 is 0 Å². The summed E-state index contributed by atoms with van der Waals surface area (Å²) in [6.45, 7) is 8.01. The van der Waals surface area contributed by atoms with E-state index in [2.05, 4.69) is 39.5 Å². The van der Waals surface area contributed by atoms with Gasteiger partial charge in [0.1, 0.15) is 5.52 Å². The highest BCUT2D eigenvalue weighted by Gasteiger charge is 2.29. The average molecular weight is 489 g/mol. The molecule has 0 saturated carbocycles. The number of nitrogens with zero attached hydrogens (tertiary/aromatic N) is 5. The van der Waals surface area contributed by atoms with Crippen LogP contribution in [-0.4, -0.2) is 39.0 Å². The first-order valence-corrected chi connectivity index (χ1v) is 12.4. The minimum Gasteiger partial charge on any atom is -0.352 e. The fraction of sp³-hybridized carbons (Fsp3) is 0.333. The van der Waals surface area contributed by atoms with Crippen LogP contribution in [0.5, 0.6) is 0 Å². The van der Waals surface area contributed by atoms with Crippen molar-refractivity contribution < 1.29 is 4.79 Å². The van der Waals surface area contributed by atoms with E-state index in [-0.39, 0.29) is 11.8 Å². The molecule has 2 aromatic carbocycles. The predicted molar refractivity (Wildman–Crippen MR) is 139 cm³/mol. The number of hydrogen-bond acceptors (Lipinski definition) is 5. The average Bonchev–Trinajstić information content (AvgIpc) is 3.21. The second-order valence-electron chi connectivity index (χ2n) is 9.30. The number of rotatable bonds is 5. The third-order valence-corrected chi connectivity index (χ3v) is 6.95. The molecule has 1 unspecified atom stereocenters. The second-order valence-corrected chi connectivity index (χ2v) is 9.73. The first-order valence-electron chi connectivity index (χ1n) is 12.0. The molecule has 1 aliphatic heterocycles. The molecule has 1 saturated heterocycles. The molecular weight excluding hydrogens is 460 g/mol. The molecule has 35 heavy (non-hydrogen) atoms. The van der Waals surface area contributed by atoms with Gasteiger partial charge in [0.25, 0.3) is 0 Å². The third kappa shape index (κ3) is 4.73. The summed E-state index contributed by atoms with van der Waals surface area (Å²) in [6.07, 6.45) is 1.77. The highest BCUT2D eigenvalue weighted by atomic mass is 35.5. The van der Waals surface area contributed by atoms with E-state index in [1.807, 2.05) is 54.9 Å². The molecule has 0 radical (unpaired) electrons. The van der Waals surface area contributed by atoms with Gasteiger partial charge in [-0.05, 0) is 63.4 Å². The molecule has 0 spiro atoms. The molecular formula is C27H29ClN6O. The lowest BCUT2D eigenvalue weighted by Crippen LogP contribution is -2.43. The Balaban J connectivity index is 1.39. The standard InChI is InChI=1S/C27H29ClN6O/c1-17-6-4-7-20(14-17)15-29-27(35)21-8-5-13-33(16-21)26-25-24(18(2)30-31-26)19(3)34(32-25)23-11-9-22(28)10-12-23/h4,6-7,9-12,14,21H,5,8,13,15-16H2,1-3H3,(H,29,35). The van der Waals surface area contributed by atoms with E-state index in [0.717, 1.165) is 58.7 Å². The Bertz CT molecular complexity index is 1380. The Labute approximate surface area is 210 Å². The van der Waals surface area contributed by atoms with Crippen molar-refractivity contribution in [2.75, 3.05) is 18.0 Å². The van der Waals surface area contributed by atoms with Gasteiger partial charge in [-0.1, -0.05) is 41.4 Å². The molecule has 1 amide bonds. The quantitative estimate of drug-likeness (QED) is 0.431. The molecule has 1 atom stereocenters. The number of halogens is 1. The molecule has 4 aromatic rings. The normalized spacial score (nSPS) is 16.0. The van der Waals surface area contributed by atoms with Crippen molar-refractivity contribution in [1.29, 1.82) is 0 Å². The van der Waals surface area contributed by atoms with Gasteiger partial charge in [0.15, 0.2) is 5.82 Å². The zero-order chi connectivity index (χ0) is 24.5. The van der Waals surface area contributed by atoms with Gasteiger partial charge in [-0.25, -0.2) is 4.68 Å². The van der Waals surface area contributed by atoms with E-state index in [4.69, 9.17) is 16.7 Å². The number of aryl methyl sites for hydroxylation is 3. The summed E-state index contributed by atoms with van der Waals surface area (Å²) in [4.78, 5) is 15.2. The molecule has 5 rings (SSSR count). The number of hydrogen-bond donors (Lipinski definition) is 1. The number of benzene rings is 2. The van der Waals surface area contributed by atoms with Crippen LogP contribution in [0.25, 0.3) is 16.6 Å². The highest BCUT2D eigenvalue weighted by molar-refractivity contribution is 6.30. The van der Waals surface area contributed by atoms with Gasteiger partial charge in [0, 0.05) is 24.7 Å². The summed E-state index contributed by atoms with van der Waals surface area (Å²) in [5.74, 6) is 0.708. The van der Waals surface area contributed by atoms with Crippen molar-refractivity contribution in [3.8, 4) is 5.69 Å². The Morgan fingerprint density at radius 3 is 2.69 bits per heavy atom. The van der Waals surface area contributed by atoms with Crippen molar-refractivity contribution in [1.82, 2.24) is 25.3 Å². The van der Waals surface area contributed by atoms with Crippen molar-refractivity contribution in [3.05, 3.63) is 76.1 Å². The number of anilines is 1. The summed E-state index contributed by atoms with van der Waals surface area (Å²) in [7, 11) is 0. The predicted octanol–water partition coefficient (Wildman–Crippen LogP) is 4.93. The lowest BCUT2D eigenvalue weighted by molar-refractivity contribution is -0.125. The second kappa shape index (κ2) is 9.66. The van der Waals surface area contributed by atoms with E-state index in [0.29, 0.717) is 18.1 Å². The van der Waals surface area contributed by atoms with Gasteiger partial charge in [-0.15, -0.1) is 5.10 Å². The molecule has 180 valence electrons. The van der Waals surface area contributed by atoms with Crippen LogP contribution in [0.15, 0.2) is 48.5 Å². The maximum Gasteiger partial charge on any atom is 0.225 e. The van der Waals surface area contributed by atoms with Crippen LogP contribution in [0.2, 0.25) is 5.02 Å². The van der Waals surface area contributed by atoms with E-state index in [9.17, 15) is 4.79 Å². The summed E-state index contributed by atoms with van der Waals surface area (Å²) >= 11 is 6.08. The Morgan fingerprint density at radius 2 is 1.91 bits per heavy atom. The van der Waals surface area contributed by atoms with Crippen LogP contribution in [0.1, 0.15) is 35.4 Å². The molecule has 8 heteroatoms. The lowest BCUT2D eigenvalue weighted by atomic mass is 9.96. The van der Waals surface area contributed by atoms with Crippen molar-refractivity contribution in [2.45, 2.75) is 40.2 Å². The van der Waals surface area contributed by atoms with E-state index in [1.165, 1.54) is 5.56 Å². The number of nitrogens with one attached hydrogen (secondary N) is 1. The van der Waals surface area contributed by atoms with Crippen LogP contribution >= 0.6 is 11.6 Å². The van der Waals surface area contributed by atoms with Crippen molar-refractivity contribution in [2.24, 2.45) is 5.92 Å². The zero-order valence-electron chi connectivity index (χ0n) is 20.3. The number of carbonyl (C=O) groups excluding carboxylic acids is 1. The molecule has 2 aromatic heterocycles. The van der Waals surface area contributed by atoms with E-state index in [1.54, 1.807) is 0 Å². The van der Waals surface area contributed by atoms with Crippen molar-refractivity contribution >= 4 is 34.2 Å². The summed E-state index contributed by atoms with van der Waals surface area (Å²) in [6, 6.07) is 15.8. The summed E-state index contributed by atoms with van der Waals surface area (Å²) < 4.78 is 1.91. The number of amides is 1. The Morgan fingerprint density at radius 1 is 1.11 bits per heavy atom. The zero-order valence-corrected chi connectivity index (χ0v) is 21.0. The highest BCUT2D eigenvalue weighted by Crippen LogP contribution is 2.31. The Hall–Kier alpha value is -3.45. The maximum atomic E-state index is 13.0. The van der Waals surface area contributed by atoms with Crippen LogP contribution in [0, 0.1) is 26.7 Å². The number of carbonyl (C=O) groups is 1. The Kier molecular flexibility index (Phi) is 6.43. The largest absolute Gasteiger partial charge is 0.352 e. The van der Waals surface area contributed by atoms with Gasteiger partial charge in [-0.3, -0.25) is 4.79 Å². The van der Waals surface area contributed by atoms with Crippen LogP contribution < -0.4 is 10.2 Å². The minimum absolute atomic E-state index is 0.0791. The number of fused-ring (bicyclic) bond motifs is 1. The van der Waals surface area contributed by atoms with Gasteiger partial charge < -0.3 is 10.2 Å². The molecule has 0 aliphatic carbocycles. The minimum atomic E-state index is -0.105. The molecule has 1 aliphatic rings. The molecule has 1 fully saturated rings. The smallest absolute Gasteiger partial charge is 0.225 e. The summed E-state index contributed by atoms with van der Waals surface area (Å²) in [5.41, 5.74) is 5.88. The first-order chi connectivity index (χ1) is 16.9. The van der Waals surface area contributed by atoms with Crippen LogP contribution in [0.4, 0.5) is 5.82 Å². The fourth-order valence-corrected chi connectivity index (χ4v) is 5.02. The molecule has 1 N–H and O–H groups in total. The van der Waals surface area contributed by atoms with E-state index >= 15 is 0 Å². The van der Waals surface area contributed by atoms with Gasteiger partial charge in [0.05, 0.1) is 28.4 Å². The van der Waals surface area contributed by atoms with Gasteiger partial charge in [-0.2, -0.15) is 10.2 Å². The fourth-order valence-electron chi connectivity index (χ4n) is 4.90. The summed E-state index contributed by atoms with van der Waals surface area (Å²) in [5, 5.41) is 18.7. The van der Waals surface area contributed by atoms with Crippen molar-refractivity contribution in [3.63, 3.8) is 0 Å². The molecule has 3 heterocycles. The number of aromatic nitrogens is 4. The van der Waals surface area contributed by atoms with Gasteiger partial charge >= 0.3 is 0 Å². The lowest BCUT2D eigenvalue weighted by Gasteiger charge is -2.32. The molecule has 0 bridgehead atoms. The van der Waals surface area contributed by atoms with Crippen LogP contribution in [0.3, 0.4) is 0 Å². The maximum absolute atomic E-state index is 13.0. The third-order valence-electron chi connectivity index (χ3n) is 6.70. The van der Waals surface area contributed by atoms with Crippen LogP contribution in [-0.2, 0) is 11.3 Å². The topological polar surface area (TPSA) is 75.9 Å². The SMILES string of the molecule is Cc1cccc(CNC(=O)C2CCCN(c3nnc(C)c4c(C)n(-c5ccc(Cl)cc5)nc34)C2)c1. The monoisotopic (exact) mass is 488 g/mol. The van der Waals surface area contributed by atoms with Gasteiger partial charge in [0.2, 0.25) is 5.91 Å². The molecule has 7 nitrogen and oxygen atoms in total. The number of piperidine rings is 1.